The van der Waals surface area contributed by atoms with Crippen LogP contribution in [0.25, 0.3) is 0 Å². The summed E-state index contributed by atoms with van der Waals surface area (Å²) in [5, 5.41) is 0.675. The Morgan fingerprint density at radius 1 is 1.22 bits per heavy atom. The average Bonchev–Trinajstić information content (AvgIpc) is 2.88. The number of aryl methyl sites for hydroxylation is 1. The van der Waals surface area contributed by atoms with E-state index < -0.39 is 0 Å². The summed E-state index contributed by atoms with van der Waals surface area (Å²) in [7, 11) is 0. The smallest absolute Gasteiger partial charge is 0.323 e. The molecule has 0 bridgehead atoms. The van der Waals surface area contributed by atoms with Crippen molar-refractivity contribution < 1.29 is 9.53 Å². The quantitative estimate of drug-likeness (QED) is 0.903. The number of H-pyrrole nitrogens is 2. The molecule has 0 aliphatic carbocycles. The number of carbonyl (C=O) groups excluding carboxylic acids is 1. The van der Waals surface area contributed by atoms with Crippen molar-refractivity contribution in [3.05, 3.63) is 51.2 Å². The molecule has 2 heterocycles. The van der Waals surface area contributed by atoms with Crippen LogP contribution in [0.15, 0.2) is 29.1 Å². The van der Waals surface area contributed by atoms with E-state index in [4.69, 9.17) is 16.3 Å². The van der Waals surface area contributed by atoms with Crippen LogP contribution in [0.1, 0.15) is 29.0 Å². The van der Waals surface area contributed by atoms with E-state index in [2.05, 4.69) is 9.97 Å². The van der Waals surface area contributed by atoms with Crippen molar-refractivity contribution in [2.45, 2.75) is 25.9 Å². The molecule has 2 aromatic rings. The number of aromatic nitrogens is 2. The van der Waals surface area contributed by atoms with E-state index in [1.54, 1.807) is 24.0 Å². The zero-order valence-corrected chi connectivity index (χ0v) is 13.5. The van der Waals surface area contributed by atoms with E-state index in [1.807, 2.05) is 12.1 Å². The van der Waals surface area contributed by atoms with Crippen LogP contribution in [0.2, 0.25) is 5.02 Å². The minimum atomic E-state index is -0.355. The van der Waals surface area contributed by atoms with E-state index >= 15 is 0 Å². The summed E-state index contributed by atoms with van der Waals surface area (Å²) in [4.78, 5) is 30.6. The van der Waals surface area contributed by atoms with Crippen molar-refractivity contribution in [1.29, 1.82) is 0 Å². The van der Waals surface area contributed by atoms with Crippen LogP contribution in [0.5, 0.6) is 5.75 Å². The minimum Gasteiger partial charge on any atom is -0.490 e. The van der Waals surface area contributed by atoms with E-state index in [9.17, 15) is 9.59 Å². The maximum Gasteiger partial charge on any atom is 0.323 e. The second kappa shape index (κ2) is 6.50. The molecule has 0 radical (unpaired) electrons. The van der Waals surface area contributed by atoms with Gasteiger partial charge in [-0.15, -0.1) is 0 Å². The van der Waals surface area contributed by atoms with Crippen LogP contribution in [0.4, 0.5) is 0 Å². The lowest BCUT2D eigenvalue weighted by Gasteiger charge is -2.32. The molecular formula is C16H18ClN3O3. The monoisotopic (exact) mass is 335 g/mol. The number of nitrogens with zero attached hydrogens (tertiary/aromatic N) is 1. The molecule has 122 valence electrons. The number of piperidine rings is 1. The second-order valence-corrected chi connectivity index (χ2v) is 6.08. The summed E-state index contributed by atoms with van der Waals surface area (Å²) in [5.41, 5.74) is 0.554. The van der Waals surface area contributed by atoms with Gasteiger partial charge in [0.1, 0.15) is 17.5 Å². The third-order valence-corrected chi connectivity index (χ3v) is 4.23. The molecule has 0 atom stereocenters. The van der Waals surface area contributed by atoms with Crippen molar-refractivity contribution in [3.63, 3.8) is 0 Å². The number of hydrogen-bond acceptors (Lipinski definition) is 3. The summed E-state index contributed by atoms with van der Waals surface area (Å²) < 4.78 is 5.91. The first kappa shape index (κ1) is 15.7. The Hall–Kier alpha value is -2.21. The Labute approximate surface area is 138 Å². The second-order valence-electron chi connectivity index (χ2n) is 5.64. The first-order chi connectivity index (χ1) is 11.0. The number of imidazole rings is 1. The van der Waals surface area contributed by atoms with Crippen LogP contribution < -0.4 is 10.4 Å². The normalized spacial score (nSPS) is 15.7. The molecule has 6 nitrogen and oxygen atoms in total. The number of likely N-dealkylation sites (tertiary alicyclic amines) is 1. The van der Waals surface area contributed by atoms with Gasteiger partial charge in [0.2, 0.25) is 0 Å². The van der Waals surface area contributed by atoms with Crippen LogP contribution in [0, 0.1) is 6.92 Å². The molecule has 1 aromatic heterocycles. The molecule has 1 amide bonds. The number of nitrogens with one attached hydrogen (secondary N) is 2. The molecule has 3 rings (SSSR count). The molecule has 2 N–H and O–H groups in total. The lowest BCUT2D eigenvalue weighted by Crippen LogP contribution is -2.42. The maximum absolute atomic E-state index is 12.4. The van der Waals surface area contributed by atoms with E-state index in [0.717, 1.165) is 18.6 Å². The number of ether oxygens (including phenoxy) is 1. The molecule has 7 heteroatoms. The number of carbonyl (C=O) groups is 1. The Morgan fingerprint density at radius 2 is 1.87 bits per heavy atom. The Kier molecular flexibility index (Phi) is 4.43. The minimum absolute atomic E-state index is 0.0756. The highest BCUT2D eigenvalue weighted by molar-refractivity contribution is 6.30. The van der Waals surface area contributed by atoms with Gasteiger partial charge in [-0.1, -0.05) is 11.6 Å². The zero-order valence-electron chi connectivity index (χ0n) is 12.8. The average molecular weight is 336 g/mol. The molecule has 0 spiro atoms. The zero-order chi connectivity index (χ0) is 16.4. The van der Waals surface area contributed by atoms with Gasteiger partial charge in [-0.3, -0.25) is 4.79 Å². The lowest BCUT2D eigenvalue weighted by molar-refractivity contribution is 0.0590. The fourth-order valence-corrected chi connectivity index (χ4v) is 2.85. The van der Waals surface area contributed by atoms with Crippen LogP contribution in [-0.4, -0.2) is 40.0 Å². The molecule has 1 saturated heterocycles. The van der Waals surface area contributed by atoms with Gasteiger partial charge in [-0.25, -0.2) is 4.79 Å². The maximum atomic E-state index is 12.4. The van der Waals surface area contributed by atoms with Crippen molar-refractivity contribution in [1.82, 2.24) is 14.9 Å². The third-order valence-electron chi connectivity index (χ3n) is 3.97. The van der Waals surface area contributed by atoms with Gasteiger partial charge >= 0.3 is 5.69 Å². The van der Waals surface area contributed by atoms with E-state index in [0.29, 0.717) is 29.5 Å². The van der Waals surface area contributed by atoms with Gasteiger partial charge < -0.3 is 19.6 Å². The Balaban J connectivity index is 1.58. The number of halogens is 1. The van der Waals surface area contributed by atoms with Crippen molar-refractivity contribution in [3.8, 4) is 5.75 Å². The van der Waals surface area contributed by atoms with Crippen molar-refractivity contribution >= 4 is 17.5 Å². The largest absolute Gasteiger partial charge is 0.490 e. The summed E-state index contributed by atoms with van der Waals surface area (Å²) in [6.07, 6.45) is 1.58. The first-order valence-corrected chi connectivity index (χ1v) is 7.91. The van der Waals surface area contributed by atoms with Crippen LogP contribution in [-0.2, 0) is 0 Å². The highest BCUT2D eigenvalue weighted by atomic mass is 35.5. The number of rotatable bonds is 3. The topological polar surface area (TPSA) is 78.2 Å². The molecule has 0 unspecified atom stereocenters. The van der Waals surface area contributed by atoms with Gasteiger partial charge in [-0.05, 0) is 31.2 Å². The predicted octanol–water partition coefficient (Wildman–Crippen LogP) is 2.35. The molecule has 1 aliphatic heterocycles. The van der Waals surface area contributed by atoms with E-state index in [-0.39, 0.29) is 17.7 Å². The van der Waals surface area contributed by atoms with Crippen LogP contribution >= 0.6 is 11.6 Å². The Morgan fingerprint density at radius 3 is 2.43 bits per heavy atom. The molecule has 1 aliphatic rings. The van der Waals surface area contributed by atoms with Gasteiger partial charge in [-0.2, -0.15) is 0 Å². The molecule has 23 heavy (non-hydrogen) atoms. The predicted molar refractivity (Wildman–Crippen MR) is 87.2 cm³/mol. The van der Waals surface area contributed by atoms with E-state index in [1.165, 1.54) is 0 Å². The number of benzene rings is 1. The fourth-order valence-electron chi connectivity index (χ4n) is 2.73. The number of amides is 1. The Bertz CT molecular complexity index is 743. The summed E-state index contributed by atoms with van der Waals surface area (Å²) >= 11 is 5.85. The lowest BCUT2D eigenvalue weighted by atomic mass is 10.1. The summed E-state index contributed by atoms with van der Waals surface area (Å²) in [6, 6.07) is 7.27. The molecule has 1 aromatic carbocycles. The fraction of sp³-hybridized carbons (Fsp3) is 0.375. The molecule has 1 fully saturated rings. The molecular weight excluding hydrogens is 318 g/mol. The summed E-state index contributed by atoms with van der Waals surface area (Å²) in [6.45, 7) is 2.91. The molecule has 0 saturated carbocycles. The van der Waals surface area contributed by atoms with Crippen molar-refractivity contribution in [2.24, 2.45) is 0 Å². The van der Waals surface area contributed by atoms with Gasteiger partial charge in [0.05, 0.1) is 0 Å². The SMILES string of the molecule is Cc1[nH]c(=O)[nH]c1C(=O)N1CCC(Oc2ccc(Cl)cc2)CC1. The number of aromatic amines is 2. The highest BCUT2D eigenvalue weighted by Crippen LogP contribution is 2.21. The third kappa shape index (κ3) is 3.59. The van der Waals surface area contributed by atoms with Gasteiger partial charge in [0.25, 0.3) is 5.91 Å². The first-order valence-electron chi connectivity index (χ1n) is 7.53. The standard InChI is InChI=1S/C16H18ClN3O3/c1-10-14(19-16(22)18-10)15(21)20-8-6-13(7-9-20)23-12-4-2-11(17)3-5-12/h2-5,13H,6-9H2,1H3,(H2,18,19,22). The summed E-state index contributed by atoms with van der Waals surface area (Å²) in [5.74, 6) is 0.635. The number of hydrogen-bond donors (Lipinski definition) is 2. The van der Waals surface area contributed by atoms with Gasteiger partial charge in [0, 0.05) is 36.6 Å². The highest BCUT2D eigenvalue weighted by Gasteiger charge is 2.26. The van der Waals surface area contributed by atoms with Gasteiger partial charge in [0.15, 0.2) is 0 Å². The van der Waals surface area contributed by atoms with Crippen LogP contribution in [0.3, 0.4) is 0 Å². The van der Waals surface area contributed by atoms with Crippen molar-refractivity contribution in [2.75, 3.05) is 13.1 Å².